The van der Waals surface area contributed by atoms with E-state index in [1.165, 1.54) is 11.8 Å². The molecule has 2 rings (SSSR count). The number of hydrogen-bond acceptors (Lipinski definition) is 7. The van der Waals surface area contributed by atoms with E-state index in [0.29, 0.717) is 11.8 Å². The van der Waals surface area contributed by atoms with Gasteiger partial charge >= 0.3 is 0 Å². The van der Waals surface area contributed by atoms with Crippen LogP contribution in [0.3, 0.4) is 0 Å². The van der Waals surface area contributed by atoms with Crippen LogP contribution in [0.25, 0.3) is 5.69 Å². The summed E-state index contributed by atoms with van der Waals surface area (Å²) >= 11 is 1.34. The molecule has 0 aliphatic heterocycles. The molecule has 0 bridgehead atoms. The third-order valence-electron chi connectivity index (χ3n) is 2.72. The highest BCUT2D eigenvalue weighted by Crippen LogP contribution is 2.24. The highest BCUT2D eigenvalue weighted by molar-refractivity contribution is 7.99. The van der Waals surface area contributed by atoms with Crippen LogP contribution < -0.4 is 5.73 Å². The molecule has 0 saturated carbocycles. The number of para-hydroxylation sites is 1. The molecule has 1 heterocycles. The Hall–Kier alpha value is -1.48. The summed E-state index contributed by atoms with van der Waals surface area (Å²) in [4.78, 5) is 0. The minimum absolute atomic E-state index is 0.0726. The van der Waals surface area contributed by atoms with E-state index in [4.69, 9.17) is 10.5 Å². The van der Waals surface area contributed by atoms with Gasteiger partial charge in [0, 0.05) is 13.2 Å². The van der Waals surface area contributed by atoms with Gasteiger partial charge in [-0.25, -0.2) is 0 Å². The molecule has 2 atom stereocenters. The van der Waals surface area contributed by atoms with Crippen molar-refractivity contribution in [1.29, 1.82) is 0 Å². The zero-order valence-corrected chi connectivity index (χ0v) is 11.9. The van der Waals surface area contributed by atoms with Gasteiger partial charge in [-0.1, -0.05) is 30.0 Å². The van der Waals surface area contributed by atoms with Crippen molar-refractivity contribution in [2.75, 3.05) is 20.3 Å². The van der Waals surface area contributed by atoms with Crippen LogP contribution in [0.2, 0.25) is 0 Å². The fourth-order valence-corrected chi connectivity index (χ4v) is 2.60. The second-order valence-corrected chi connectivity index (χ2v) is 5.37. The van der Waals surface area contributed by atoms with Crippen LogP contribution in [0.15, 0.2) is 35.5 Å². The van der Waals surface area contributed by atoms with Crippen molar-refractivity contribution in [3.05, 3.63) is 30.3 Å². The molecule has 2 aromatic rings. The number of thioether (sulfide) groups is 1. The lowest BCUT2D eigenvalue weighted by Gasteiger charge is -2.19. The number of nitrogens with two attached hydrogens (primary N) is 1. The van der Waals surface area contributed by atoms with Gasteiger partial charge in [0.25, 0.3) is 0 Å². The number of ether oxygens (including phenoxy) is 1. The maximum Gasteiger partial charge on any atom is 0.214 e. The molecule has 7 nitrogen and oxygen atoms in total. The predicted octanol–water partition coefficient (Wildman–Crippen LogP) is 0.0890. The van der Waals surface area contributed by atoms with Gasteiger partial charge in [0.1, 0.15) is 0 Å². The Labute approximate surface area is 121 Å². The van der Waals surface area contributed by atoms with E-state index in [-0.39, 0.29) is 17.9 Å². The van der Waals surface area contributed by atoms with Crippen molar-refractivity contribution in [3.8, 4) is 5.69 Å². The van der Waals surface area contributed by atoms with Gasteiger partial charge in [-0.05, 0) is 22.6 Å². The van der Waals surface area contributed by atoms with Gasteiger partial charge in [0.2, 0.25) is 5.16 Å². The van der Waals surface area contributed by atoms with E-state index in [1.807, 2.05) is 30.3 Å². The molecule has 0 aliphatic carbocycles. The number of nitrogens with zero attached hydrogens (tertiary/aromatic N) is 4. The van der Waals surface area contributed by atoms with Crippen molar-refractivity contribution in [3.63, 3.8) is 0 Å². The second-order valence-electron chi connectivity index (χ2n) is 4.17. The third kappa shape index (κ3) is 3.54. The lowest BCUT2D eigenvalue weighted by atomic mass is 10.2. The van der Waals surface area contributed by atoms with E-state index in [0.717, 1.165) is 5.69 Å². The SMILES string of the molecule is COCC(N)C(CO)Sc1nnnn1-c1ccccc1. The first kappa shape index (κ1) is 14.9. The van der Waals surface area contributed by atoms with Crippen LogP contribution in [-0.4, -0.2) is 56.9 Å². The molecule has 2 unspecified atom stereocenters. The van der Waals surface area contributed by atoms with Crippen LogP contribution in [0.5, 0.6) is 0 Å². The van der Waals surface area contributed by atoms with Crippen molar-refractivity contribution in [2.24, 2.45) is 5.73 Å². The largest absolute Gasteiger partial charge is 0.395 e. The van der Waals surface area contributed by atoms with Crippen molar-refractivity contribution in [2.45, 2.75) is 16.4 Å². The van der Waals surface area contributed by atoms with Crippen LogP contribution in [0.4, 0.5) is 0 Å². The van der Waals surface area contributed by atoms with Crippen LogP contribution in [0.1, 0.15) is 0 Å². The minimum Gasteiger partial charge on any atom is -0.395 e. The average molecular weight is 295 g/mol. The Morgan fingerprint density at radius 1 is 1.40 bits per heavy atom. The molecular weight excluding hydrogens is 278 g/mol. The van der Waals surface area contributed by atoms with E-state index in [2.05, 4.69) is 15.5 Å². The quantitative estimate of drug-likeness (QED) is 0.698. The molecular formula is C12H17N5O2S. The smallest absolute Gasteiger partial charge is 0.214 e. The molecule has 1 aromatic carbocycles. The van der Waals surface area contributed by atoms with E-state index >= 15 is 0 Å². The molecule has 20 heavy (non-hydrogen) atoms. The number of benzene rings is 1. The van der Waals surface area contributed by atoms with E-state index in [9.17, 15) is 5.11 Å². The predicted molar refractivity (Wildman–Crippen MR) is 75.7 cm³/mol. The second kappa shape index (κ2) is 7.34. The summed E-state index contributed by atoms with van der Waals surface area (Å²) in [5.74, 6) is 0. The first-order chi connectivity index (χ1) is 9.76. The molecule has 108 valence electrons. The summed E-state index contributed by atoms with van der Waals surface area (Å²) in [5.41, 5.74) is 6.82. The van der Waals surface area contributed by atoms with E-state index < -0.39 is 0 Å². The number of methoxy groups -OCH3 is 1. The van der Waals surface area contributed by atoms with Crippen LogP contribution in [0, 0.1) is 0 Å². The number of tetrazole rings is 1. The lowest BCUT2D eigenvalue weighted by molar-refractivity contribution is 0.167. The Kier molecular flexibility index (Phi) is 5.48. The molecule has 0 radical (unpaired) electrons. The summed E-state index contributed by atoms with van der Waals surface area (Å²) in [5, 5.41) is 21.4. The Bertz CT molecular complexity index is 522. The van der Waals surface area contributed by atoms with Crippen molar-refractivity contribution < 1.29 is 9.84 Å². The zero-order chi connectivity index (χ0) is 14.4. The number of aliphatic hydroxyl groups is 1. The summed E-state index contributed by atoms with van der Waals surface area (Å²) in [6.45, 7) is 0.294. The molecule has 8 heteroatoms. The van der Waals surface area contributed by atoms with Crippen molar-refractivity contribution >= 4 is 11.8 Å². The Balaban J connectivity index is 2.16. The highest BCUT2D eigenvalue weighted by atomic mass is 32.2. The fourth-order valence-electron chi connectivity index (χ4n) is 1.68. The normalized spacial score (nSPS) is 14.2. The molecule has 0 aliphatic rings. The molecule has 0 amide bonds. The lowest BCUT2D eigenvalue weighted by Crippen LogP contribution is -2.39. The van der Waals surface area contributed by atoms with Gasteiger partial charge < -0.3 is 15.6 Å². The standard InChI is InChI=1S/C12H17N5O2S/c1-19-8-10(13)11(7-18)20-12-14-15-16-17(12)9-5-3-2-4-6-9/h2-6,10-11,18H,7-8,13H2,1H3. The summed E-state index contributed by atoms with van der Waals surface area (Å²) < 4.78 is 6.63. The van der Waals surface area contributed by atoms with Gasteiger partial charge in [-0.3, -0.25) is 0 Å². The van der Waals surface area contributed by atoms with Crippen LogP contribution in [-0.2, 0) is 4.74 Å². The first-order valence-corrected chi connectivity index (χ1v) is 7.00. The number of rotatable bonds is 7. The Morgan fingerprint density at radius 2 is 2.15 bits per heavy atom. The summed E-state index contributed by atoms with van der Waals surface area (Å²) in [6, 6.07) is 9.26. The number of aliphatic hydroxyl groups excluding tert-OH is 1. The van der Waals surface area contributed by atoms with Gasteiger partial charge in [0.05, 0.1) is 24.2 Å². The third-order valence-corrected chi connectivity index (χ3v) is 3.98. The van der Waals surface area contributed by atoms with Gasteiger partial charge in [0.15, 0.2) is 0 Å². The average Bonchev–Trinajstić information content (AvgIpc) is 2.94. The van der Waals surface area contributed by atoms with E-state index in [1.54, 1.807) is 11.8 Å². The maximum atomic E-state index is 9.45. The van der Waals surface area contributed by atoms with Crippen LogP contribution >= 0.6 is 11.8 Å². The van der Waals surface area contributed by atoms with Gasteiger partial charge in [-0.2, -0.15) is 4.68 Å². The molecule has 0 saturated heterocycles. The fraction of sp³-hybridized carbons (Fsp3) is 0.417. The summed E-state index contributed by atoms with van der Waals surface area (Å²) in [7, 11) is 1.58. The molecule has 3 N–H and O–H groups in total. The molecule has 1 aromatic heterocycles. The number of hydrogen-bond donors (Lipinski definition) is 2. The number of aromatic nitrogens is 4. The molecule has 0 spiro atoms. The summed E-state index contributed by atoms with van der Waals surface area (Å²) in [6.07, 6.45) is 0. The Morgan fingerprint density at radius 3 is 2.80 bits per heavy atom. The zero-order valence-electron chi connectivity index (χ0n) is 11.1. The van der Waals surface area contributed by atoms with Gasteiger partial charge in [-0.15, -0.1) is 5.10 Å². The molecule has 0 fully saturated rings. The highest BCUT2D eigenvalue weighted by Gasteiger charge is 2.22. The monoisotopic (exact) mass is 295 g/mol. The minimum atomic E-state index is -0.295. The maximum absolute atomic E-state index is 9.45. The first-order valence-electron chi connectivity index (χ1n) is 6.12. The topological polar surface area (TPSA) is 99.1 Å². The van der Waals surface area contributed by atoms with Crippen molar-refractivity contribution in [1.82, 2.24) is 20.2 Å².